The number of nitrogens with zero attached hydrogens (tertiary/aromatic N) is 4. The fourth-order valence-corrected chi connectivity index (χ4v) is 3.69. The Kier molecular flexibility index (Phi) is 5.33. The molecule has 0 aliphatic rings. The Balaban J connectivity index is 1.63. The fraction of sp³-hybridized carbons (Fsp3) is 0.0385. The zero-order valence-electron chi connectivity index (χ0n) is 17.6. The van der Waals surface area contributed by atoms with Crippen molar-refractivity contribution >= 4 is 17.1 Å². The van der Waals surface area contributed by atoms with Gasteiger partial charge in [0, 0.05) is 17.4 Å². The van der Waals surface area contributed by atoms with Gasteiger partial charge in [-0.3, -0.25) is 4.79 Å². The third-order valence-corrected chi connectivity index (χ3v) is 5.32. The van der Waals surface area contributed by atoms with Gasteiger partial charge in [-0.25, -0.2) is 4.98 Å². The smallest absolute Gasteiger partial charge is 0.316 e. The van der Waals surface area contributed by atoms with Crippen molar-refractivity contribution in [2.45, 2.75) is 6.18 Å². The van der Waals surface area contributed by atoms with Crippen molar-refractivity contribution in [2.24, 2.45) is 5.10 Å². The summed E-state index contributed by atoms with van der Waals surface area (Å²) in [7, 11) is 0. The Morgan fingerprint density at radius 1 is 0.853 bits per heavy atom. The van der Waals surface area contributed by atoms with E-state index in [9.17, 15) is 18.0 Å². The highest BCUT2D eigenvalue weighted by Gasteiger charge is 2.30. The molecule has 0 atom stereocenters. The molecule has 0 aliphatic carbocycles. The lowest BCUT2D eigenvalue weighted by molar-refractivity contribution is -0.137. The van der Waals surface area contributed by atoms with Crippen molar-refractivity contribution in [1.29, 1.82) is 0 Å². The monoisotopic (exact) mass is 458 g/mol. The van der Waals surface area contributed by atoms with Crippen LogP contribution in [0.15, 0.2) is 107 Å². The highest BCUT2D eigenvalue weighted by molar-refractivity contribution is 5.81. The van der Waals surface area contributed by atoms with Crippen LogP contribution in [0.3, 0.4) is 0 Å². The number of benzene rings is 3. The van der Waals surface area contributed by atoms with Crippen molar-refractivity contribution in [2.75, 3.05) is 0 Å². The molecule has 0 N–H and O–H groups in total. The SMILES string of the molecule is O=c1c2ccccc2nc(-c2ccccc2)n1N=Cc1cccn1-c1cccc(C(F)(F)F)c1. The van der Waals surface area contributed by atoms with Crippen molar-refractivity contribution in [3.05, 3.63) is 119 Å². The zero-order valence-corrected chi connectivity index (χ0v) is 17.6. The molecule has 0 unspecified atom stereocenters. The molecule has 2 aromatic heterocycles. The summed E-state index contributed by atoms with van der Waals surface area (Å²) in [5, 5.41) is 4.82. The molecular weight excluding hydrogens is 441 g/mol. The first kappa shape index (κ1) is 21.4. The van der Waals surface area contributed by atoms with Gasteiger partial charge in [-0.05, 0) is 42.5 Å². The van der Waals surface area contributed by atoms with Crippen molar-refractivity contribution in [1.82, 2.24) is 14.2 Å². The predicted octanol–water partition coefficient (Wildman–Crippen LogP) is 5.76. The lowest BCUT2D eigenvalue weighted by atomic mass is 10.2. The summed E-state index contributed by atoms with van der Waals surface area (Å²) in [6, 6.07) is 24.6. The van der Waals surface area contributed by atoms with E-state index >= 15 is 0 Å². The van der Waals surface area contributed by atoms with E-state index in [1.807, 2.05) is 30.3 Å². The Labute approximate surface area is 192 Å². The minimum absolute atomic E-state index is 0.327. The minimum Gasteiger partial charge on any atom is -0.316 e. The number of halogens is 3. The molecule has 0 amide bonds. The van der Waals surface area contributed by atoms with E-state index in [0.717, 1.165) is 12.1 Å². The summed E-state index contributed by atoms with van der Waals surface area (Å²) in [6.45, 7) is 0. The molecular formula is C26H17F3N4O. The Morgan fingerprint density at radius 3 is 2.41 bits per heavy atom. The maximum Gasteiger partial charge on any atom is 0.416 e. The molecule has 8 heteroatoms. The summed E-state index contributed by atoms with van der Waals surface area (Å²) in [4.78, 5) is 17.9. The molecule has 0 aliphatic heterocycles. The second-order valence-corrected chi connectivity index (χ2v) is 7.53. The van der Waals surface area contributed by atoms with Gasteiger partial charge in [-0.15, -0.1) is 0 Å². The molecule has 3 aromatic carbocycles. The quantitative estimate of drug-likeness (QED) is 0.322. The molecule has 168 valence electrons. The molecule has 0 saturated heterocycles. The van der Waals surface area contributed by atoms with Crippen LogP contribution in [0.5, 0.6) is 0 Å². The molecule has 0 radical (unpaired) electrons. The number of rotatable bonds is 4. The van der Waals surface area contributed by atoms with Gasteiger partial charge in [0.25, 0.3) is 5.56 Å². The van der Waals surface area contributed by atoms with Crippen LogP contribution in [-0.2, 0) is 6.18 Å². The number of hydrogen-bond acceptors (Lipinski definition) is 3. The topological polar surface area (TPSA) is 52.2 Å². The molecule has 5 nitrogen and oxygen atoms in total. The van der Waals surface area contributed by atoms with Gasteiger partial charge in [0.2, 0.25) is 0 Å². The number of fused-ring (bicyclic) bond motifs is 1. The lowest BCUT2D eigenvalue weighted by Crippen LogP contribution is -2.20. The fourth-order valence-electron chi connectivity index (χ4n) is 3.69. The average Bonchev–Trinajstić information content (AvgIpc) is 3.32. The van der Waals surface area contributed by atoms with Crippen molar-refractivity contribution < 1.29 is 13.2 Å². The van der Waals surface area contributed by atoms with Crippen LogP contribution in [0.1, 0.15) is 11.3 Å². The van der Waals surface area contributed by atoms with Gasteiger partial charge >= 0.3 is 6.18 Å². The second kappa shape index (κ2) is 8.47. The van der Waals surface area contributed by atoms with E-state index in [4.69, 9.17) is 0 Å². The molecule has 5 aromatic rings. The van der Waals surface area contributed by atoms with Crippen LogP contribution in [0, 0.1) is 0 Å². The highest BCUT2D eigenvalue weighted by atomic mass is 19.4. The number of alkyl halides is 3. The maximum atomic E-state index is 13.3. The summed E-state index contributed by atoms with van der Waals surface area (Å²) in [6.07, 6.45) is -1.38. The van der Waals surface area contributed by atoms with Crippen LogP contribution in [0.2, 0.25) is 0 Å². The minimum atomic E-state index is -4.45. The van der Waals surface area contributed by atoms with Gasteiger partial charge in [0.1, 0.15) is 0 Å². The third-order valence-electron chi connectivity index (χ3n) is 5.32. The van der Waals surface area contributed by atoms with Crippen molar-refractivity contribution in [3.63, 3.8) is 0 Å². The number of hydrogen-bond donors (Lipinski definition) is 0. The molecule has 0 fully saturated rings. The Hall–Kier alpha value is -4.46. The Bertz CT molecular complexity index is 1570. The predicted molar refractivity (Wildman–Crippen MR) is 125 cm³/mol. The second-order valence-electron chi connectivity index (χ2n) is 7.53. The third kappa shape index (κ3) is 4.01. The molecule has 0 spiro atoms. The van der Waals surface area contributed by atoms with E-state index in [0.29, 0.717) is 33.7 Å². The first-order valence-electron chi connectivity index (χ1n) is 10.4. The largest absolute Gasteiger partial charge is 0.416 e. The van der Waals surface area contributed by atoms with Crippen LogP contribution in [0.25, 0.3) is 28.0 Å². The van der Waals surface area contributed by atoms with Gasteiger partial charge in [-0.2, -0.15) is 22.9 Å². The summed E-state index contributed by atoms with van der Waals surface area (Å²) >= 11 is 0. The van der Waals surface area contributed by atoms with Gasteiger partial charge in [0.05, 0.1) is 28.4 Å². The van der Waals surface area contributed by atoms with Gasteiger partial charge < -0.3 is 4.57 Å². The summed E-state index contributed by atoms with van der Waals surface area (Å²) < 4.78 is 42.3. The molecule has 5 rings (SSSR count). The van der Waals surface area contributed by atoms with Crippen LogP contribution in [0.4, 0.5) is 13.2 Å². The molecule has 2 heterocycles. The molecule has 0 saturated carbocycles. The van der Waals surface area contributed by atoms with Crippen LogP contribution < -0.4 is 5.56 Å². The molecule has 0 bridgehead atoms. The first-order valence-corrected chi connectivity index (χ1v) is 10.4. The van der Waals surface area contributed by atoms with E-state index in [1.54, 1.807) is 53.2 Å². The van der Waals surface area contributed by atoms with E-state index in [-0.39, 0.29) is 5.56 Å². The zero-order chi connectivity index (χ0) is 23.7. The van der Waals surface area contributed by atoms with E-state index in [2.05, 4.69) is 10.1 Å². The normalized spacial score (nSPS) is 12.0. The van der Waals surface area contributed by atoms with Gasteiger partial charge in [0.15, 0.2) is 5.82 Å². The maximum absolute atomic E-state index is 13.3. The van der Waals surface area contributed by atoms with Crippen LogP contribution >= 0.6 is 0 Å². The summed E-state index contributed by atoms with van der Waals surface area (Å²) in [5.41, 5.74) is 0.980. The van der Waals surface area contributed by atoms with E-state index < -0.39 is 11.7 Å². The lowest BCUT2D eigenvalue weighted by Gasteiger charge is -2.11. The average molecular weight is 458 g/mol. The van der Waals surface area contributed by atoms with Gasteiger partial charge in [-0.1, -0.05) is 48.5 Å². The molecule has 34 heavy (non-hydrogen) atoms. The number of para-hydroxylation sites is 1. The summed E-state index contributed by atoms with van der Waals surface area (Å²) in [5.74, 6) is 0.359. The highest BCUT2D eigenvalue weighted by Crippen LogP contribution is 2.30. The standard InChI is InChI=1S/C26H17F3N4O/c27-26(28,29)19-10-6-11-20(16-19)32-15-7-12-21(32)17-30-33-24(18-8-2-1-3-9-18)31-23-14-5-4-13-22(23)25(33)34/h1-17H. The first-order chi connectivity index (χ1) is 16.4. The van der Waals surface area contributed by atoms with Crippen LogP contribution in [-0.4, -0.2) is 20.4 Å². The van der Waals surface area contributed by atoms with Crippen molar-refractivity contribution in [3.8, 4) is 17.1 Å². The Morgan fingerprint density at radius 2 is 1.62 bits per heavy atom. The number of aromatic nitrogens is 3. The van der Waals surface area contributed by atoms with E-state index in [1.165, 1.54) is 17.0 Å².